The van der Waals surface area contributed by atoms with Gasteiger partial charge in [0.05, 0.1) is 11.6 Å². The molecule has 0 N–H and O–H groups in total. The second-order valence-corrected chi connectivity index (χ2v) is 5.88. The van der Waals surface area contributed by atoms with E-state index >= 15 is 0 Å². The van der Waals surface area contributed by atoms with Gasteiger partial charge in [-0.25, -0.2) is 0 Å². The molecule has 1 aliphatic heterocycles. The largest absolute Gasteiger partial charge is 0.495 e. The standard InChI is InChI=1S/C12H13BBrNO2/c1-12(2)7-16-13(17-8-12)11-5-10(14)4-3-9(11)6-15/h3-5H,7-8H2,1-2H3. The van der Waals surface area contributed by atoms with Crippen molar-refractivity contribution in [1.82, 2.24) is 0 Å². The molecule has 0 unspecified atom stereocenters. The van der Waals surface area contributed by atoms with Crippen LogP contribution in [0.1, 0.15) is 19.4 Å². The van der Waals surface area contributed by atoms with E-state index in [-0.39, 0.29) is 5.41 Å². The summed E-state index contributed by atoms with van der Waals surface area (Å²) in [6.45, 7) is 5.45. The molecule has 0 aliphatic carbocycles. The van der Waals surface area contributed by atoms with Crippen molar-refractivity contribution in [2.45, 2.75) is 13.8 Å². The van der Waals surface area contributed by atoms with Crippen LogP contribution in [0.5, 0.6) is 0 Å². The molecule has 1 aromatic carbocycles. The molecular formula is C12H13BBrNO2. The van der Waals surface area contributed by atoms with Crippen molar-refractivity contribution in [3.05, 3.63) is 28.2 Å². The lowest BCUT2D eigenvalue weighted by Gasteiger charge is -2.33. The van der Waals surface area contributed by atoms with Gasteiger partial charge in [0.2, 0.25) is 0 Å². The molecule has 2 rings (SSSR count). The summed E-state index contributed by atoms with van der Waals surface area (Å²) in [5, 5.41) is 9.07. The van der Waals surface area contributed by atoms with Crippen LogP contribution in [0.25, 0.3) is 0 Å². The predicted octanol–water partition coefficient (Wildman–Crippen LogP) is 2.09. The minimum absolute atomic E-state index is 0.0370. The lowest BCUT2D eigenvalue weighted by Crippen LogP contribution is -2.48. The smallest absolute Gasteiger partial charge is 0.407 e. The Morgan fingerprint density at radius 2 is 2.00 bits per heavy atom. The predicted molar refractivity (Wildman–Crippen MR) is 69.9 cm³/mol. The van der Waals surface area contributed by atoms with E-state index in [0.29, 0.717) is 18.8 Å². The Kier molecular flexibility index (Phi) is 3.57. The van der Waals surface area contributed by atoms with Gasteiger partial charge in [-0.2, -0.15) is 5.26 Å². The molecule has 0 atom stereocenters. The first-order valence-electron chi connectivity index (χ1n) is 5.45. The number of benzene rings is 1. The fourth-order valence-corrected chi connectivity index (χ4v) is 2.08. The Hall–Kier alpha value is -0.825. The molecule has 1 heterocycles. The minimum atomic E-state index is -0.435. The third kappa shape index (κ3) is 2.89. The van der Waals surface area contributed by atoms with E-state index in [1.54, 1.807) is 6.07 Å². The highest BCUT2D eigenvalue weighted by molar-refractivity contribution is 9.10. The summed E-state index contributed by atoms with van der Waals surface area (Å²) in [5.74, 6) is 0. The van der Waals surface area contributed by atoms with Gasteiger partial charge in [-0.3, -0.25) is 0 Å². The van der Waals surface area contributed by atoms with Gasteiger partial charge in [0.15, 0.2) is 0 Å². The number of nitrogens with zero attached hydrogens (tertiary/aromatic N) is 1. The summed E-state index contributed by atoms with van der Waals surface area (Å²) in [6.07, 6.45) is 0. The Morgan fingerprint density at radius 3 is 2.59 bits per heavy atom. The second-order valence-electron chi connectivity index (χ2n) is 4.96. The number of nitriles is 1. The van der Waals surface area contributed by atoms with Gasteiger partial charge in [-0.05, 0) is 18.2 Å². The van der Waals surface area contributed by atoms with Gasteiger partial charge < -0.3 is 9.31 Å². The van der Waals surface area contributed by atoms with Crippen molar-refractivity contribution in [2.75, 3.05) is 13.2 Å². The molecule has 0 saturated carbocycles. The third-order valence-electron chi connectivity index (χ3n) is 2.64. The van der Waals surface area contributed by atoms with Crippen molar-refractivity contribution in [3.8, 4) is 6.07 Å². The van der Waals surface area contributed by atoms with Gasteiger partial charge >= 0.3 is 7.12 Å². The van der Waals surface area contributed by atoms with Crippen LogP contribution in [0.2, 0.25) is 0 Å². The van der Waals surface area contributed by atoms with E-state index in [1.807, 2.05) is 12.1 Å². The first kappa shape index (κ1) is 12.6. The minimum Gasteiger partial charge on any atom is -0.407 e. The molecule has 5 heteroatoms. The Balaban J connectivity index is 2.24. The average molecular weight is 294 g/mol. The van der Waals surface area contributed by atoms with Crippen molar-refractivity contribution in [3.63, 3.8) is 0 Å². The van der Waals surface area contributed by atoms with Crippen LogP contribution in [0, 0.1) is 16.7 Å². The lowest BCUT2D eigenvalue weighted by atomic mass is 9.73. The third-order valence-corrected chi connectivity index (χ3v) is 3.13. The van der Waals surface area contributed by atoms with Crippen LogP contribution in [-0.2, 0) is 9.31 Å². The average Bonchev–Trinajstić information content (AvgIpc) is 2.29. The molecule has 0 radical (unpaired) electrons. The summed E-state index contributed by atoms with van der Waals surface area (Å²) in [5.41, 5.74) is 1.42. The fraction of sp³-hybridized carbons (Fsp3) is 0.417. The number of halogens is 1. The van der Waals surface area contributed by atoms with Gasteiger partial charge in [-0.15, -0.1) is 0 Å². The van der Waals surface area contributed by atoms with Gasteiger partial charge in [-0.1, -0.05) is 29.8 Å². The maximum Gasteiger partial charge on any atom is 0.495 e. The van der Waals surface area contributed by atoms with Crippen molar-refractivity contribution in [2.24, 2.45) is 5.41 Å². The zero-order valence-corrected chi connectivity index (χ0v) is 11.5. The maximum atomic E-state index is 9.07. The molecule has 0 aromatic heterocycles. The molecular weight excluding hydrogens is 281 g/mol. The zero-order chi connectivity index (χ0) is 12.5. The van der Waals surface area contributed by atoms with Crippen LogP contribution >= 0.6 is 15.9 Å². The highest BCUT2D eigenvalue weighted by Crippen LogP contribution is 2.22. The summed E-state index contributed by atoms with van der Waals surface area (Å²) in [4.78, 5) is 0. The molecule has 1 saturated heterocycles. The molecule has 0 amide bonds. The zero-order valence-electron chi connectivity index (χ0n) is 9.87. The molecule has 3 nitrogen and oxygen atoms in total. The van der Waals surface area contributed by atoms with Crippen molar-refractivity contribution >= 4 is 28.5 Å². The van der Waals surface area contributed by atoms with Crippen molar-refractivity contribution < 1.29 is 9.31 Å². The second kappa shape index (κ2) is 4.81. The van der Waals surface area contributed by atoms with E-state index in [0.717, 1.165) is 9.94 Å². The van der Waals surface area contributed by atoms with Gasteiger partial charge in [0, 0.05) is 28.6 Å². The molecule has 1 fully saturated rings. The monoisotopic (exact) mass is 293 g/mol. The molecule has 0 spiro atoms. The van der Waals surface area contributed by atoms with Crippen LogP contribution in [-0.4, -0.2) is 20.3 Å². The SMILES string of the molecule is CC1(C)COB(c2cc(Br)ccc2C#N)OC1. The Morgan fingerprint density at radius 1 is 1.35 bits per heavy atom. The number of hydrogen-bond donors (Lipinski definition) is 0. The summed E-state index contributed by atoms with van der Waals surface area (Å²) in [6, 6.07) is 7.65. The van der Waals surface area contributed by atoms with Crippen LogP contribution < -0.4 is 5.46 Å². The van der Waals surface area contributed by atoms with E-state index < -0.39 is 7.12 Å². The lowest BCUT2D eigenvalue weighted by molar-refractivity contribution is 0.0343. The number of rotatable bonds is 1. The summed E-state index contributed by atoms with van der Waals surface area (Å²) >= 11 is 3.39. The van der Waals surface area contributed by atoms with E-state index in [4.69, 9.17) is 14.6 Å². The van der Waals surface area contributed by atoms with E-state index in [2.05, 4.69) is 35.8 Å². The van der Waals surface area contributed by atoms with Crippen LogP contribution in [0.15, 0.2) is 22.7 Å². The highest BCUT2D eigenvalue weighted by atomic mass is 79.9. The topological polar surface area (TPSA) is 42.2 Å². The van der Waals surface area contributed by atoms with Crippen LogP contribution in [0.4, 0.5) is 0 Å². The Labute approximate surface area is 110 Å². The maximum absolute atomic E-state index is 9.07. The number of hydrogen-bond acceptors (Lipinski definition) is 3. The molecule has 17 heavy (non-hydrogen) atoms. The fourth-order valence-electron chi connectivity index (χ4n) is 1.70. The summed E-state index contributed by atoms with van der Waals surface area (Å²) < 4.78 is 12.3. The highest BCUT2D eigenvalue weighted by Gasteiger charge is 2.34. The quantitative estimate of drug-likeness (QED) is 0.745. The Bertz CT molecular complexity index is 460. The normalized spacial score (nSPS) is 18.8. The van der Waals surface area contributed by atoms with E-state index in [9.17, 15) is 0 Å². The van der Waals surface area contributed by atoms with E-state index in [1.165, 1.54) is 0 Å². The molecule has 88 valence electrons. The molecule has 1 aliphatic rings. The van der Waals surface area contributed by atoms with Gasteiger partial charge in [0.1, 0.15) is 0 Å². The molecule has 1 aromatic rings. The summed E-state index contributed by atoms with van der Waals surface area (Å²) in [7, 11) is -0.435. The van der Waals surface area contributed by atoms with Crippen molar-refractivity contribution in [1.29, 1.82) is 5.26 Å². The van der Waals surface area contributed by atoms with Crippen LogP contribution in [0.3, 0.4) is 0 Å². The molecule has 0 bridgehead atoms. The first-order valence-corrected chi connectivity index (χ1v) is 6.24. The van der Waals surface area contributed by atoms with Gasteiger partial charge in [0.25, 0.3) is 0 Å². The first-order chi connectivity index (χ1) is 8.02.